The van der Waals surface area contributed by atoms with Gasteiger partial charge in [0.15, 0.2) is 9.84 Å². The first kappa shape index (κ1) is 16.8. The van der Waals surface area contributed by atoms with E-state index in [1.807, 2.05) is 24.3 Å². The number of benzene rings is 1. The lowest BCUT2D eigenvalue weighted by Gasteiger charge is -2.13. The fourth-order valence-electron chi connectivity index (χ4n) is 2.22. The number of methoxy groups -OCH3 is 1. The third kappa shape index (κ3) is 5.27. The summed E-state index contributed by atoms with van der Waals surface area (Å²) in [5.74, 6) is -0.0713. The molecule has 0 bridgehead atoms. The Morgan fingerprint density at radius 1 is 1.43 bits per heavy atom. The number of thioether (sulfide) groups is 1. The summed E-state index contributed by atoms with van der Waals surface area (Å²) in [5, 5.41) is 12.8. The van der Waals surface area contributed by atoms with Crippen LogP contribution in [0.3, 0.4) is 0 Å². The van der Waals surface area contributed by atoms with Crippen molar-refractivity contribution in [3.63, 3.8) is 0 Å². The zero-order valence-electron chi connectivity index (χ0n) is 12.0. The van der Waals surface area contributed by atoms with E-state index in [2.05, 4.69) is 5.32 Å². The minimum atomic E-state index is -3.09. The maximum absolute atomic E-state index is 11.5. The molecule has 0 radical (unpaired) electrons. The van der Waals surface area contributed by atoms with Gasteiger partial charge in [0.2, 0.25) is 0 Å². The summed E-state index contributed by atoms with van der Waals surface area (Å²) in [4.78, 5) is 0.988. The molecule has 0 amide bonds. The zero-order valence-corrected chi connectivity index (χ0v) is 13.6. The number of hydrogen-bond acceptors (Lipinski definition) is 6. The largest absolute Gasteiger partial charge is 0.391 e. The third-order valence-electron chi connectivity index (χ3n) is 3.27. The van der Waals surface area contributed by atoms with Gasteiger partial charge in [-0.15, -0.1) is 11.8 Å². The van der Waals surface area contributed by atoms with Crippen molar-refractivity contribution in [1.29, 1.82) is 0 Å². The van der Waals surface area contributed by atoms with E-state index in [1.165, 1.54) is 11.8 Å². The summed E-state index contributed by atoms with van der Waals surface area (Å²) in [6.07, 6.45) is -0.775. The molecule has 7 heteroatoms. The molecule has 1 fully saturated rings. The minimum absolute atomic E-state index is 0.0507. The number of rotatable bonds is 7. The van der Waals surface area contributed by atoms with E-state index in [-0.39, 0.29) is 16.8 Å². The van der Waals surface area contributed by atoms with Crippen molar-refractivity contribution < 1.29 is 18.3 Å². The Hall–Kier alpha value is -0.600. The SMILES string of the molecule is COCCNCc1cccc(SC2CS(=O)(=O)CC2O)c1. The molecule has 1 aliphatic heterocycles. The van der Waals surface area contributed by atoms with Crippen LogP contribution in [0.25, 0.3) is 0 Å². The molecule has 118 valence electrons. The molecule has 21 heavy (non-hydrogen) atoms. The van der Waals surface area contributed by atoms with Gasteiger partial charge >= 0.3 is 0 Å². The maximum Gasteiger partial charge on any atom is 0.154 e. The Bertz CT molecular complexity index is 562. The molecule has 2 atom stereocenters. The van der Waals surface area contributed by atoms with Crippen LogP contribution in [-0.2, 0) is 21.1 Å². The van der Waals surface area contributed by atoms with E-state index in [4.69, 9.17) is 4.74 Å². The van der Waals surface area contributed by atoms with Crippen LogP contribution >= 0.6 is 11.8 Å². The fraction of sp³-hybridized carbons (Fsp3) is 0.571. The summed E-state index contributed by atoms with van der Waals surface area (Å²) in [7, 11) is -1.43. The van der Waals surface area contributed by atoms with Crippen LogP contribution in [0.5, 0.6) is 0 Å². The van der Waals surface area contributed by atoms with E-state index in [0.717, 1.165) is 23.5 Å². The summed E-state index contributed by atoms with van der Waals surface area (Å²) in [5.41, 5.74) is 1.13. The molecule has 0 aromatic heterocycles. The quantitative estimate of drug-likeness (QED) is 0.716. The smallest absolute Gasteiger partial charge is 0.154 e. The van der Waals surface area contributed by atoms with E-state index in [0.29, 0.717) is 6.61 Å². The number of sulfone groups is 1. The Morgan fingerprint density at radius 2 is 2.24 bits per heavy atom. The number of hydrogen-bond donors (Lipinski definition) is 2. The minimum Gasteiger partial charge on any atom is -0.391 e. The Kier molecular flexibility index (Phi) is 6.07. The standard InChI is InChI=1S/C14H21NO4S2/c1-19-6-5-15-8-11-3-2-4-12(7-11)20-14-10-21(17,18)9-13(14)16/h2-4,7,13-16H,5-6,8-10H2,1H3. The first-order valence-corrected chi connectivity index (χ1v) is 9.54. The Balaban J connectivity index is 1.92. The van der Waals surface area contributed by atoms with Crippen LogP contribution in [0.2, 0.25) is 0 Å². The molecule has 2 N–H and O–H groups in total. The van der Waals surface area contributed by atoms with Crippen molar-refractivity contribution in [1.82, 2.24) is 5.32 Å². The van der Waals surface area contributed by atoms with E-state index in [1.54, 1.807) is 7.11 Å². The Morgan fingerprint density at radius 3 is 2.90 bits per heavy atom. The first-order valence-electron chi connectivity index (χ1n) is 6.84. The lowest BCUT2D eigenvalue weighted by molar-refractivity contribution is 0.199. The summed E-state index contributed by atoms with van der Waals surface area (Å²) >= 11 is 1.44. The molecule has 1 saturated heterocycles. The van der Waals surface area contributed by atoms with E-state index in [9.17, 15) is 13.5 Å². The molecule has 5 nitrogen and oxygen atoms in total. The van der Waals surface area contributed by atoms with Crippen LogP contribution in [0.1, 0.15) is 5.56 Å². The average molecular weight is 331 g/mol. The second kappa shape index (κ2) is 7.60. The van der Waals surface area contributed by atoms with Crippen molar-refractivity contribution in [2.24, 2.45) is 0 Å². The van der Waals surface area contributed by atoms with Gasteiger partial charge in [0.1, 0.15) is 0 Å². The van der Waals surface area contributed by atoms with Crippen LogP contribution in [0.15, 0.2) is 29.2 Å². The van der Waals surface area contributed by atoms with Gasteiger partial charge in [-0.2, -0.15) is 0 Å². The monoisotopic (exact) mass is 331 g/mol. The molecular weight excluding hydrogens is 310 g/mol. The van der Waals surface area contributed by atoms with Gasteiger partial charge in [-0.05, 0) is 17.7 Å². The first-order chi connectivity index (χ1) is 10.00. The molecule has 0 spiro atoms. The zero-order chi connectivity index (χ0) is 15.3. The highest BCUT2D eigenvalue weighted by Gasteiger charge is 2.36. The molecule has 1 heterocycles. The predicted octanol–water partition coefficient (Wildman–Crippen LogP) is 0.673. The molecule has 2 rings (SSSR count). The molecule has 1 aromatic carbocycles. The van der Waals surface area contributed by atoms with Crippen molar-refractivity contribution >= 4 is 21.6 Å². The maximum atomic E-state index is 11.5. The van der Waals surface area contributed by atoms with Crippen molar-refractivity contribution in [2.75, 3.05) is 31.8 Å². The van der Waals surface area contributed by atoms with Gasteiger partial charge in [-0.25, -0.2) is 8.42 Å². The van der Waals surface area contributed by atoms with E-state index >= 15 is 0 Å². The molecule has 0 saturated carbocycles. The molecule has 0 aliphatic carbocycles. The highest BCUT2D eigenvalue weighted by atomic mass is 32.2. The molecule has 2 unspecified atom stereocenters. The molecular formula is C14H21NO4S2. The third-order valence-corrected chi connectivity index (χ3v) is 6.51. The van der Waals surface area contributed by atoms with Crippen molar-refractivity contribution in [3.05, 3.63) is 29.8 Å². The van der Waals surface area contributed by atoms with E-state index < -0.39 is 15.9 Å². The second-order valence-electron chi connectivity index (χ2n) is 5.12. The number of nitrogens with one attached hydrogen (secondary N) is 1. The number of aliphatic hydroxyl groups excluding tert-OH is 1. The predicted molar refractivity (Wildman–Crippen MR) is 84.3 cm³/mol. The molecule has 1 aromatic rings. The highest BCUT2D eigenvalue weighted by Crippen LogP contribution is 2.31. The number of ether oxygens (including phenoxy) is 1. The highest BCUT2D eigenvalue weighted by molar-refractivity contribution is 8.02. The van der Waals surface area contributed by atoms with Gasteiger partial charge in [-0.3, -0.25) is 0 Å². The fourth-order valence-corrected chi connectivity index (χ4v) is 5.83. The van der Waals surface area contributed by atoms with Crippen LogP contribution in [0.4, 0.5) is 0 Å². The lowest BCUT2D eigenvalue weighted by Crippen LogP contribution is -2.20. The summed E-state index contributed by atoms with van der Waals surface area (Å²) in [6, 6.07) is 7.94. The van der Waals surface area contributed by atoms with Crippen molar-refractivity contribution in [3.8, 4) is 0 Å². The van der Waals surface area contributed by atoms with Crippen LogP contribution in [-0.4, -0.2) is 56.6 Å². The summed E-state index contributed by atoms with van der Waals surface area (Å²) in [6.45, 7) is 2.19. The summed E-state index contributed by atoms with van der Waals surface area (Å²) < 4.78 is 28.0. The van der Waals surface area contributed by atoms with Gasteiger partial charge in [0, 0.05) is 25.1 Å². The average Bonchev–Trinajstić information content (AvgIpc) is 2.68. The van der Waals surface area contributed by atoms with Gasteiger partial charge in [0.25, 0.3) is 0 Å². The Labute approximate surface area is 130 Å². The van der Waals surface area contributed by atoms with Gasteiger partial charge in [0.05, 0.1) is 29.5 Å². The van der Waals surface area contributed by atoms with Gasteiger partial charge in [-0.1, -0.05) is 12.1 Å². The van der Waals surface area contributed by atoms with Crippen molar-refractivity contribution in [2.45, 2.75) is 22.8 Å². The van der Waals surface area contributed by atoms with Crippen LogP contribution < -0.4 is 5.32 Å². The second-order valence-corrected chi connectivity index (χ2v) is 8.58. The van der Waals surface area contributed by atoms with Crippen LogP contribution in [0, 0.1) is 0 Å². The normalized spacial score (nSPS) is 24.3. The topological polar surface area (TPSA) is 75.6 Å². The number of aliphatic hydroxyl groups is 1. The van der Waals surface area contributed by atoms with Gasteiger partial charge < -0.3 is 15.2 Å². The lowest BCUT2D eigenvalue weighted by atomic mass is 10.2. The molecule has 1 aliphatic rings.